The first-order valence-electron chi connectivity index (χ1n) is 10.2. The van der Waals surface area contributed by atoms with Crippen molar-refractivity contribution in [3.05, 3.63) is 77.9 Å². The fraction of sp³-hybridized carbons (Fsp3) is 0.115. The van der Waals surface area contributed by atoms with Crippen molar-refractivity contribution in [3.8, 4) is 17.2 Å². The predicted molar refractivity (Wildman–Crippen MR) is 129 cm³/mol. The third kappa shape index (κ3) is 4.14. The number of hydrogen-bond acceptors (Lipinski definition) is 5. The van der Waals surface area contributed by atoms with E-state index in [1.165, 1.54) is 6.08 Å². The molecule has 0 saturated carbocycles. The standard InChI is InChI=1S/C26H24N2O5/c1-15(18-13-23(31-2)26(33-4)24(14-18)32-3)17-7-9-22-20(12-17)19-11-16(5-8-21(19)27-22)6-10-25(29)28-30/h5-14,27,30H,1H2,2-4H3,(H,28,29)/b10-6+. The second-order valence-electron chi connectivity index (χ2n) is 7.39. The van der Waals surface area contributed by atoms with Crippen molar-refractivity contribution in [3.63, 3.8) is 0 Å². The molecular weight excluding hydrogens is 420 g/mol. The fourth-order valence-electron chi connectivity index (χ4n) is 3.84. The number of nitrogens with one attached hydrogen (secondary N) is 2. The van der Waals surface area contributed by atoms with Gasteiger partial charge in [0, 0.05) is 27.9 Å². The van der Waals surface area contributed by atoms with E-state index in [0.717, 1.165) is 44.1 Å². The molecule has 7 nitrogen and oxygen atoms in total. The zero-order valence-corrected chi connectivity index (χ0v) is 18.6. The van der Waals surface area contributed by atoms with Crippen LogP contribution < -0.4 is 19.7 Å². The number of carbonyl (C=O) groups is 1. The van der Waals surface area contributed by atoms with Crippen LogP contribution in [-0.4, -0.2) is 37.4 Å². The summed E-state index contributed by atoms with van der Waals surface area (Å²) in [5.74, 6) is 1.06. The van der Waals surface area contributed by atoms with Crippen LogP contribution in [0.15, 0.2) is 61.2 Å². The van der Waals surface area contributed by atoms with Gasteiger partial charge in [-0.05, 0) is 64.7 Å². The summed E-state index contributed by atoms with van der Waals surface area (Å²) in [6.45, 7) is 4.31. The summed E-state index contributed by atoms with van der Waals surface area (Å²) in [5.41, 5.74) is 6.98. The second-order valence-corrected chi connectivity index (χ2v) is 7.39. The Morgan fingerprint density at radius 2 is 1.55 bits per heavy atom. The van der Waals surface area contributed by atoms with E-state index in [0.29, 0.717) is 17.2 Å². The number of rotatable bonds is 7. The van der Waals surface area contributed by atoms with Crippen LogP contribution in [0.3, 0.4) is 0 Å². The van der Waals surface area contributed by atoms with Gasteiger partial charge in [0.15, 0.2) is 11.5 Å². The summed E-state index contributed by atoms with van der Waals surface area (Å²) >= 11 is 0. The Morgan fingerprint density at radius 3 is 2.15 bits per heavy atom. The van der Waals surface area contributed by atoms with Crippen LogP contribution in [-0.2, 0) is 4.79 Å². The van der Waals surface area contributed by atoms with Gasteiger partial charge < -0.3 is 19.2 Å². The normalized spacial score (nSPS) is 11.2. The third-order valence-electron chi connectivity index (χ3n) is 5.52. The van der Waals surface area contributed by atoms with Gasteiger partial charge in [0.05, 0.1) is 21.3 Å². The van der Waals surface area contributed by atoms with Crippen LogP contribution in [0.25, 0.3) is 33.5 Å². The van der Waals surface area contributed by atoms with Crippen LogP contribution in [0.2, 0.25) is 0 Å². The summed E-state index contributed by atoms with van der Waals surface area (Å²) in [6.07, 6.45) is 2.91. The Kier molecular flexibility index (Phi) is 6.06. The third-order valence-corrected chi connectivity index (χ3v) is 5.52. The molecule has 0 bridgehead atoms. The zero-order chi connectivity index (χ0) is 23.5. The number of carbonyl (C=O) groups excluding carboxylic acids is 1. The van der Waals surface area contributed by atoms with Gasteiger partial charge in [-0.2, -0.15) is 0 Å². The van der Waals surface area contributed by atoms with Crippen molar-refractivity contribution in [2.45, 2.75) is 0 Å². The number of hydroxylamine groups is 1. The highest BCUT2D eigenvalue weighted by Gasteiger charge is 2.16. The van der Waals surface area contributed by atoms with Gasteiger partial charge in [-0.15, -0.1) is 0 Å². The van der Waals surface area contributed by atoms with E-state index in [-0.39, 0.29) is 0 Å². The van der Waals surface area contributed by atoms with E-state index in [4.69, 9.17) is 19.4 Å². The minimum absolute atomic E-state index is 0.527. The lowest BCUT2D eigenvalue weighted by molar-refractivity contribution is -0.124. The molecular formula is C26H24N2O5. The molecule has 1 amide bonds. The molecule has 3 aromatic carbocycles. The molecule has 0 radical (unpaired) electrons. The maximum atomic E-state index is 11.3. The van der Waals surface area contributed by atoms with Gasteiger partial charge >= 0.3 is 0 Å². The molecule has 4 rings (SSSR count). The minimum atomic E-state index is -0.585. The van der Waals surface area contributed by atoms with Crippen molar-refractivity contribution in [2.24, 2.45) is 0 Å². The summed E-state index contributed by atoms with van der Waals surface area (Å²) in [4.78, 5) is 14.7. The summed E-state index contributed by atoms with van der Waals surface area (Å²) in [6, 6.07) is 15.7. The van der Waals surface area contributed by atoms with E-state index in [2.05, 4.69) is 17.6 Å². The number of H-pyrrole nitrogens is 1. The highest BCUT2D eigenvalue weighted by Crippen LogP contribution is 2.41. The summed E-state index contributed by atoms with van der Waals surface area (Å²) in [7, 11) is 4.73. The van der Waals surface area contributed by atoms with Crippen molar-refractivity contribution in [1.29, 1.82) is 0 Å². The first-order chi connectivity index (χ1) is 16.0. The van der Waals surface area contributed by atoms with Gasteiger partial charge in [0.2, 0.25) is 5.75 Å². The number of methoxy groups -OCH3 is 3. The monoisotopic (exact) mass is 444 g/mol. The van der Waals surface area contributed by atoms with Crippen molar-refractivity contribution < 1.29 is 24.2 Å². The van der Waals surface area contributed by atoms with Crippen LogP contribution in [0.4, 0.5) is 0 Å². The summed E-state index contributed by atoms with van der Waals surface area (Å²) in [5, 5.41) is 10.7. The number of aromatic amines is 1. The Balaban J connectivity index is 1.78. The molecule has 4 aromatic rings. The number of amides is 1. The molecule has 0 aliphatic heterocycles. The summed E-state index contributed by atoms with van der Waals surface area (Å²) < 4.78 is 16.4. The van der Waals surface area contributed by atoms with Crippen LogP contribution in [0.5, 0.6) is 17.2 Å². The van der Waals surface area contributed by atoms with E-state index in [1.807, 2.05) is 42.5 Å². The zero-order valence-electron chi connectivity index (χ0n) is 18.6. The highest BCUT2D eigenvalue weighted by molar-refractivity contribution is 6.09. The van der Waals surface area contributed by atoms with Crippen LogP contribution in [0, 0.1) is 0 Å². The molecule has 0 aliphatic rings. The SMILES string of the molecule is C=C(c1cc(OC)c(OC)c(OC)c1)c1ccc2[nH]c3ccc(/C=C/C(=O)NO)cc3c2c1. The number of ether oxygens (including phenoxy) is 3. The highest BCUT2D eigenvalue weighted by atomic mass is 16.5. The maximum Gasteiger partial charge on any atom is 0.267 e. The van der Waals surface area contributed by atoms with E-state index < -0.39 is 5.91 Å². The quantitative estimate of drug-likeness (QED) is 0.214. The smallest absolute Gasteiger partial charge is 0.267 e. The predicted octanol–water partition coefficient (Wildman–Crippen LogP) is 4.93. The molecule has 0 fully saturated rings. The Hall–Kier alpha value is -4.23. The Morgan fingerprint density at radius 1 is 0.909 bits per heavy atom. The molecule has 0 unspecified atom stereocenters. The lowest BCUT2D eigenvalue weighted by Crippen LogP contribution is -2.14. The first kappa shape index (κ1) is 22.0. The largest absolute Gasteiger partial charge is 0.493 e. The first-order valence-corrected chi connectivity index (χ1v) is 10.2. The van der Waals surface area contributed by atoms with Crippen molar-refractivity contribution in [2.75, 3.05) is 21.3 Å². The van der Waals surface area contributed by atoms with Gasteiger partial charge in [-0.1, -0.05) is 18.7 Å². The van der Waals surface area contributed by atoms with Gasteiger partial charge in [0.1, 0.15) is 0 Å². The second kappa shape index (κ2) is 9.10. The molecule has 0 spiro atoms. The molecule has 7 heteroatoms. The van der Waals surface area contributed by atoms with Crippen molar-refractivity contribution >= 4 is 39.4 Å². The molecule has 1 aromatic heterocycles. The lowest BCUT2D eigenvalue weighted by atomic mass is 9.97. The lowest BCUT2D eigenvalue weighted by Gasteiger charge is -2.15. The molecule has 168 valence electrons. The molecule has 1 heterocycles. The van der Waals surface area contributed by atoms with Gasteiger partial charge in [-0.3, -0.25) is 10.0 Å². The molecule has 33 heavy (non-hydrogen) atoms. The molecule has 0 saturated heterocycles. The van der Waals surface area contributed by atoms with Crippen LogP contribution >= 0.6 is 0 Å². The number of hydrogen-bond donors (Lipinski definition) is 3. The Bertz CT molecular complexity index is 1380. The van der Waals surface area contributed by atoms with E-state index in [1.54, 1.807) is 32.9 Å². The molecule has 3 N–H and O–H groups in total. The maximum absolute atomic E-state index is 11.3. The van der Waals surface area contributed by atoms with Gasteiger partial charge in [-0.25, -0.2) is 5.48 Å². The Labute approximate surface area is 190 Å². The van der Waals surface area contributed by atoms with E-state index >= 15 is 0 Å². The van der Waals surface area contributed by atoms with Crippen LogP contribution in [0.1, 0.15) is 16.7 Å². The minimum Gasteiger partial charge on any atom is -0.493 e. The van der Waals surface area contributed by atoms with Crippen molar-refractivity contribution in [1.82, 2.24) is 10.5 Å². The number of aromatic nitrogens is 1. The number of benzene rings is 3. The average molecular weight is 444 g/mol. The average Bonchev–Trinajstić information content (AvgIpc) is 3.22. The molecule has 0 atom stereocenters. The van der Waals surface area contributed by atoms with E-state index in [9.17, 15) is 4.79 Å². The molecule has 0 aliphatic carbocycles. The van der Waals surface area contributed by atoms with Gasteiger partial charge in [0.25, 0.3) is 5.91 Å². The number of fused-ring (bicyclic) bond motifs is 3. The fourth-order valence-corrected chi connectivity index (χ4v) is 3.84. The topological polar surface area (TPSA) is 92.8 Å².